The number of piperidine rings is 1. The molecule has 8 heteroatoms. The second-order valence-corrected chi connectivity index (χ2v) is 8.02. The van der Waals surface area contributed by atoms with Gasteiger partial charge in [0, 0.05) is 31.2 Å². The summed E-state index contributed by atoms with van der Waals surface area (Å²) >= 11 is 0. The number of sulfonamides is 1. The monoisotopic (exact) mass is 389 g/mol. The summed E-state index contributed by atoms with van der Waals surface area (Å²) in [5, 5.41) is 6.26. The van der Waals surface area contributed by atoms with Gasteiger partial charge in [0.15, 0.2) is 0 Å². The fourth-order valence-corrected chi connectivity index (χ4v) is 4.44. The van der Waals surface area contributed by atoms with Gasteiger partial charge in [0.25, 0.3) is 5.91 Å². The minimum Gasteiger partial charge on any atom is -0.348 e. The molecule has 0 saturated carbocycles. The van der Waals surface area contributed by atoms with E-state index in [1.54, 1.807) is 26.0 Å². The summed E-state index contributed by atoms with van der Waals surface area (Å²) in [6.45, 7) is 7.97. The van der Waals surface area contributed by atoms with Crippen molar-refractivity contribution in [3.63, 3.8) is 0 Å². The summed E-state index contributed by atoms with van der Waals surface area (Å²) in [4.78, 5) is 12.7. The first kappa shape index (κ1) is 21.9. The van der Waals surface area contributed by atoms with Crippen molar-refractivity contribution in [1.29, 1.82) is 0 Å². The Hall–Kier alpha value is -1.15. The van der Waals surface area contributed by atoms with Crippen LogP contribution in [0.2, 0.25) is 0 Å². The lowest BCUT2D eigenvalue weighted by Crippen LogP contribution is -2.45. The Kier molecular flexibility index (Phi) is 8.34. The highest BCUT2D eigenvalue weighted by Crippen LogP contribution is 2.20. The molecule has 1 aromatic rings. The number of hydrogen-bond acceptors (Lipinski definition) is 4. The van der Waals surface area contributed by atoms with Crippen molar-refractivity contribution in [3.8, 4) is 0 Å². The molecule has 1 unspecified atom stereocenters. The third-order valence-electron chi connectivity index (χ3n) is 4.43. The number of amides is 1. The molecule has 25 heavy (non-hydrogen) atoms. The zero-order valence-electron chi connectivity index (χ0n) is 15.0. The molecule has 142 valence electrons. The number of benzene rings is 1. The van der Waals surface area contributed by atoms with E-state index in [2.05, 4.69) is 10.6 Å². The van der Waals surface area contributed by atoms with E-state index in [0.717, 1.165) is 31.5 Å². The lowest BCUT2D eigenvalue weighted by molar-refractivity contribution is 0.0930. The maximum Gasteiger partial charge on any atom is 0.251 e. The fraction of sp³-hybridized carbons (Fsp3) is 0.588. The van der Waals surface area contributed by atoms with E-state index in [4.69, 9.17) is 0 Å². The molecule has 1 aromatic carbocycles. The zero-order valence-corrected chi connectivity index (χ0v) is 16.7. The van der Waals surface area contributed by atoms with Gasteiger partial charge in [-0.3, -0.25) is 4.79 Å². The predicted octanol–water partition coefficient (Wildman–Crippen LogP) is 1.93. The van der Waals surface area contributed by atoms with Crippen LogP contribution in [0.15, 0.2) is 23.1 Å². The number of hydrogen-bond donors (Lipinski definition) is 2. The van der Waals surface area contributed by atoms with Gasteiger partial charge < -0.3 is 10.6 Å². The first-order valence-electron chi connectivity index (χ1n) is 8.52. The van der Waals surface area contributed by atoms with Crippen LogP contribution in [-0.2, 0) is 10.0 Å². The van der Waals surface area contributed by atoms with E-state index in [1.165, 1.54) is 10.4 Å². The summed E-state index contributed by atoms with van der Waals surface area (Å²) in [5.74, 6) is -0.210. The number of carbonyl (C=O) groups excluding carboxylic acids is 1. The van der Waals surface area contributed by atoms with Gasteiger partial charge in [-0.15, -0.1) is 12.4 Å². The van der Waals surface area contributed by atoms with Crippen LogP contribution >= 0.6 is 12.4 Å². The SMILES string of the molecule is CCN(CC)S(=O)(=O)c1ccc(C)c(C(=O)NC2CCCNC2)c1.Cl. The van der Waals surface area contributed by atoms with Crippen LogP contribution in [0.4, 0.5) is 0 Å². The highest BCUT2D eigenvalue weighted by molar-refractivity contribution is 7.89. The molecule has 0 bridgehead atoms. The molecule has 0 aliphatic carbocycles. The Morgan fingerprint density at radius 3 is 2.56 bits per heavy atom. The van der Waals surface area contributed by atoms with E-state index in [1.807, 2.05) is 6.92 Å². The third-order valence-corrected chi connectivity index (χ3v) is 6.47. The summed E-state index contributed by atoms with van der Waals surface area (Å²) in [6.07, 6.45) is 1.97. The van der Waals surface area contributed by atoms with E-state index < -0.39 is 10.0 Å². The molecule has 1 amide bonds. The van der Waals surface area contributed by atoms with Crippen molar-refractivity contribution in [3.05, 3.63) is 29.3 Å². The van der Waals surface area contributed by atoms with Crippen molar-refractivity contribution >= 4 is 28.3 Å². The van der Waals surface area contributed by atoms with E-state index in [-0.39, 0.29) is 29.3 Å². The Bertz CT molecular complexity index is 684. The van der Waals surface area contributed by atoms with E-state index >= 15 is 0 Å². The first-order valence-corrected chi connectivity index (χ1v) is 9.96. The Morgan fingerprint density at radius 1 is 1.32 bits per heavy atom. The topological polar surface area (TPSA) is 78.5 Å². The van der Waals surface area contributed by atoms with Crippen LogP contribution in [0.1, 0.15) is 42.6 Å². The number of nitrogens with one attached hydrogen (secondary N) is 2. The lowest BCUT2D eigenvalue weighted by atomic mass is 10.1. The van der Waals surface area contributed by atoms with Gasteiger partial charge in [0.1, 0.15) is 0 Å². The van der Waals surface area contributed by atoms with Crippen LogP contribution in [0.5, 0.6) is 0 Å². The molecule has 0 aromatic heterocycles. The molecular weight excluding hydrogens is 362 g/mol. The average molecular weight is 390 g/mol. The Labute approximate surface area is 156 Å². The maximum atomic E-state index is 12.7. The normalized spacial score (nSPS) is 17.8. The zero-order chi connectivity index (χ0) is 17.7. The number of halogens is 1. The van der Waals surface area contributed by atoms with Gasteiger partial charge in [-0.25, -0.2) is 8.42 Å². The van der Waals surface area contributed by atoms with Crippen molar-refractivity contribution in [2.45, 2.75) is 44.6 Å². The maximum absolute atomic E-state index is 12.7. The summed E-state index contributed by atoms with van der Waals surface area (Å²) in [5.41, 5.74) is 1.20. The quantitative estimate of drug-likeness (QED) is 0.779. The van der Waals surface area contributed by atoms with Gasteiger partial charge in [-0.2, -0.15) is 4.31 Å². The molecule has 2 N–H and O–H groups in total. The summed E-state index contributed by atoms with van der Waals surface area (Å²) < 4.78 is 26.7. The molecular formula is C17H28ClN3O3S. The Morgan fingerprint density at radius 2 is 2.00 bits per heavy atom. The van der Waals surface area contributed by atoms with E-state index in [9.17, 15) is 13.2 Å². The average Bonchev–Trinajstić information content (AvgIpc) is 2.56. The van der Waals surface area contributed by atoms with Crippen LogP contribution in [0, 0.1) is 6.92 Å². The number of aryl methyl sites for hydroxylation is 1. The third kappa shape index (κ3) is 5.17. The molecule has 6 nitrogen and oxygen atoms in total. The summed E-state index contributed by atoms with van der Waals surface area (Å²) in [6, 6.07) is 4.86. The molecule has 1 atom stereocenters. The standard InChI is InChI=1S/C17H27N3O3S.ClH/c1-4-20(5-2)24(22,23)15-9-8-13(3)16(11-15)17(21)19-14-7-6-10-18-12-14;/h8-9,11,14,18H,4-7,10,12H2,1-3H3,(H,19,21);1H. The molecule has 1 aliphatic rings. The molecule has 1 heterocycles. The molecule has 1 fully saturated rings. The van der Waals surface area contributed by atoms with Gasteiger partial charge in [-0.05, 0) is 44.0 Å². The van der Waals surface area contributed by atoms with Crippen LogP contribution in [0.25, 0.3) is 0 Å². The highest BCUT2D eigenvalue weighted by Gasteiger charge is 2.24. The van der Waals surface area contributed by atoms with Crippen LogP contribution < -0.4 is 10.6 Å². The largest absolute Gasteiger partial charge is 0.348 e. The molecule has 0 radical (unpaired) electrons. The molecule has 1 saturated heterocycles. The number of nitrogens with zero attached hydrogens (tertiary/aromatic N) is 1. The second-order valence-electron chi connectivity index (χ2n) is 6.08. The van der Waals surface area contributed by atoms with Gasteiger partial charge in [-0.1, -0.05) is 19.9 Å². The molecule has 2 rings (SSSR count). The van der Waals surface area contributed by atoms with E-state index in [0.29, 0.717) is 18.7 Å². The minimum atomic E-state index is -3.57. The lowest BCUT2D eigenvalue weighted by Gasteiger charge is -2.24. The predicted molar refractivity (Wildman–Crippen MR) is 102 cm³/mol. The Balaban J connectivity index is 0.00000312. The van der Waals surface area contributed by atoms with Crippen molar-refractivity contribution in [2.75, 3.05) is 26.2 Å². The first-order chi connectivity index (χ1) is 11.4. The smallest absolute Gasteiger partial charge is 0.251 e. The number of rotatable bonds is 6. The van der Waals surface area contributed by atoms with Crippen molar-refractivity contribution in [1.82, 2.24) is 14.9 Å². The van der Waals surface area contributed by atoms with Crippen molar-refractivity contribution < 1.29 is 13.2 Å². The molecule has 1 aliphatic heterocycles. The van der Waals surface area contributed by atoms with Gasteiger partial charge >= 0.3 is 0 Å². The molecule has 0 spiro atoms. The van der Waals surface area contributed by atoms with Gasteiger partial charge in [0.2, 0.25) is 10.0 Å². The van der Waals surface area contributed by atoms with Crippen LogP contribution in [0.3, 0.4) is 0 Å². The van der Waals surface area contributed by atoms with Crippen LogP contribution in [-0.4, -0.2) is 50.9 Å². The second kappa shape index (κ2) is 9.52. The number of carbonyl (C=O) groups is 1. The summed E-state index contributed by atoms with van der Waals surface area (Å²) in [7, 11) is -3.57. The highest BCUT2D eigenvalue weighted by atomic mass is 35.5. The van der Waals surface area contributed by atoms with Gasteiger partial charge in [0.05, 0.1) is 4.90 Å². The van der Waals surface area contributed by atoms with Crippen molar-refractivity contribution in [2.24, 2.45) is 0 Å². The minimum absolute atomic E-state index is 0. The fourth-order valence-electron chi connectivity index (χ4n) is 2.96.